The second-order valence-corrected chi connectivity index (χ2v) is 3.74. The first kappa shape index (κ1) is 15.0. The fourth-order valence-electron chi connectivity index (χ4n) is 1.50. The quantitative estimate of drug-likeness (QED) is 0.172. The molecule has 0 atom stereocenters. The average molecular weight is 274 g/mol. The van der Waals surface area contributed by atoms with Gasteiger partial charge in [0.15, 0.2) is 0 Å². The molecule has 0 heterocycles. The molecule has 1 N–H and O–H groups in total. The highest BCUT2D eigenvalue weighted by atomic mass is 16.6. The lowest BCUT2D eigenvalue weighted by atomic mass is 10.0. The van der Waals surface area contributed by atoms with Gasteiger partial charge in [0.25, 0.3) is 5.69 Å². The molecule has 0 bridgehead atoms. The van der Waals surface area contributed by atoms with Crippen LogP contribution >= 0.6 is 0 Å². The van der Waals surface area contributed by atoms with Crippen molar-refractivity contribution in [2.24, 2.45) is 5.11 Å². The Balaban J connectivity index is 3.17. The number of carboxylic acid groups (broad SMARTS) is 1. The van der Waals surface area contributed by atoms with Crippen molar-refractivity contribution in [2.45, 2.75) is 13.3 Å². The lowest BCUT2D eigenvalue weighted by Crippen LogP contribution is -2.04. The van der Waals surface area contributed by atoms with Gasteiger partial charge in [0.05, 0.1) is 10.5 Å². The highest BCUT2D eigenvalue weighted by Crippen LogP contribution is 2.23. The minimum atomic E-state index is -1.25. The molecule has 1 aromatic carbocycles. The summed E-state index contributed by atoms with van der Waals surface area (Å²) in [6.07, 6.45) is 0.286. The molecule has 0 saturated heterocycles. The van der Waals surface area contributed by atoms with Crippen molar-refractivity contribution >= 4 is 11.7 Å². The molecule has 8 heteroatoms. The molecular weight excluding hydrogens is 264 g/mol. The molecule has 0 aliphatic heterocycles. The van der Waals surface area contributed by atoms with E-state index in [-0.39, 0.29) is 35.3 Å². The van der Waals surface area contributed by atoms with Crippen molar-refractivity contribution in [3.63, 3.8) is 0 Å². The molecule has 0 amide bonds. The summed E-state index contributed by atoms with van der Waals surface area (Å²) >= 11 is 0. The number of benzene rings is 1. The maximum Gasteiger partial charge on any atom is 0.336 e. The second kappa shape index (κ2) is 6.78. The van der Waals surface area contributed by atoms with Gasteiger partial charge in [0.1, 0.15) is 0 Å². The maximum absolute atomic E-state index is 11.0. The van der Waals surface area contributed by atoms with E-state index in [2.05, 4.69) is 21.9 Å². The standard InChI is InChI=1S/C12H10N4O4/c1-8-10(12(17)18)6-9(7-11(8)16(19)20)4-2-3-5-14-15-13/h6-7H,3,5H2,1H3,(H,17,18). The maximum atomic E-state index is 11.0. The second-order valence-electron chi connectivity index (χ2n) is 3.74. The third-order valence-electron chi connectivity index (χ3n) is 2.44. The topological polar surface area (TPSA) is 129 Å². The zero-order chi connectivity index (χ0) is 15.1. The summed E-state index contributed by atoms with van der Waals surface area (Å²) in [6.45, 7) is 1.56. The van der Waals surface area contributed by atoms with E-state index in [4.69, 9.17) is 10.6 Å². The monoisotopic (exact) mass is 274 g/mol. The van der Waals surface area contributed by atoms with Crippen LogP contribution in [0.4, 0.5) is 5.69 Å². The van der Waals surface area contributed by atoms with E-state index >= 15 is 0 Å². The normalized spacial score (nSPS) is 9.05. The summed E-state index contributed by atoms with van der Waals surface area (Å²) in [5.41, 5.74) is 7.96. The Morgan fingerprint density at radius 2 is 2.30 bits per heavy atom. The van der Waals surface area contributed by atoms with Gasteiger partial charge in [0, 0.05) is 35.1 Å². The van der Waals surface area contributed by atoms with Gasteiger partial charge < -0.3 is 5.11 Å². The Bertz CT molecular complexity index is 631. The predicted molar refractivity (Wildman–Crippen MR) is 70.3 cm³/mol. The zero-order valence-corrected chi connectivity index (χ0v) is 10.5. The predicted octanol–water partition coefficient (Wildman–Crippen LogP) is 2.65. The average Bonchev–Trinajstić information content (AvgIpc) is 2.39. The molecule has 0 saturated carbocycles. The van der Waals surface area contributed by atoms with Gasteiger partial charge in [-0.15, -0.1) is 0 Å². The summed E-state index contributed by atoms with van der Waals surface area (Å²) in [7, 11) is 0. The van der Waals surface area contributed by atoms with Crippen molar-refractivity contribution in [3.8, 4) is 11.8 Å². The van der Waals surface area contributed by atoms with Crippen LogP contribution in [0.25, 0.3) is 10.4 Å². The van der Waals surface area contributed by atoms with Crippen LogP contribution < -0.4 is 0 Å². The number of hydrogen-bond donors (Lipinski definition) is 1. The Morgan fingerprint density at radius 1 is 1.60 bits per heavy atom. The molecule has 1 aromatic rings. The van der Waals surface area contributed by atoms with E-state index in [1.807, 2.05) is 0 Å². The van der Waals surface area contributed by atoms with E-state index in [0.717, 1.165) is 0 Å². The van der Waals surface area contributed by atoms with E-state index in [9.17, 15) is 14.9 Å². The number of aromatic carboxylic acids is 1. The van der Waals surface area contributed by atoms with Gasteiger partial charge in [-0.1, -0.05) is 17.0 Å². The van der Waals surface area contributed by atoms with Gasteiger partial charge in [-0.05, 0) is 18.5 Å². The first-order valence-corrected chi connectivity index (χ1v) is 5.49. The van der Waals surface area contributed by atoms with Crippen molar-refractivity contribution in [2.75, 3.05) is 6.54 Å². The third kappa shape index (κ3) is 3.73. The SMILES string of the molecule is Cc1c(C(=O)O)cc(C#CCCN=[N+]=[N-])cc1[N+](=O)[O-]. The third-order valence-corrected chi connectivity index (χ3v) is 2.44. The number of azide groups is 1. The van der Waals surface area contributed by atoms with Crippen LogP contribution in [0.1, 0.15) is 27.9 Å². The van der Waals surface area contributed by atoms with Crippen LogP contribution in [0.15, 0.2) is 17.2 Å². The first-order valence-electron chi connectivity index (χ1n) is 5.49. The van der Waals surface area contributed by atoms with Gasteiger partial charge >= 0.3 is 5.97 Å². The van der Waals surface area contributed by atoms with Gasteiger partial charge in [0.2, 0.25) is 0 Å². The Hall–Kier alpha value is -3.04. The summed E-state index contributed by atoms with van der Waals surface area (Å²) < 4.78 is 0. The number of carboxylic acids is 1. The summed E-state index contributed by atoms with van der Waals surface area (Å²) in [5.74, 6) is 4.03. The Morgan fingerprint density at radius 3 is 2.85 bits per heavy atom. The lowest BCUT2D eigenvalue weighted by molar-refractivity contribution is -0.385. The van der Waals surface area contributed by atoms with Crippen molar-refractivity contribution in [3.05, 3.63) is 49.4 Å². The van der Waals surface area contributed by atoms with Crippen molar-refractivity contribution in [1.29, 1.82) is 0 Å². The molecular formula is C12H10N4O4. The molecule has 1 rings (SSSR count). The largest absolute Gasteiger partial charge is 0.478 e. The van der Waals surface area contributed by atoms with Crippen LogP contribution in [0.2, 0.25) is 0 Å². The fourth-order valence-corrected chi connectivity index (χ4v) is 1.50. The van der Waals surface area contributed by atoms with Gasteiger partial charge in [-0.3, -0.25) is 10.1 Å². The number of rotatable bonds is 4. The number of nitrogens with zero attached hydrogens (tertiary/aromatic N) is 4. The van der Waals surface area contributed by atoms with E-state index < -0.39 is 10.9 Å². The highest BCUT2D eigenvalue weighted by molar-refractivity contribution is 5.91. The first-order chi connectivity index (χ1) is 9.47. The smallest absolute Gasteiger partial charge is 0.336 e. The molecule has 8 nitrogen and oxygen atoms in total. The fraction of sp³-hybridized carbons (Fsp3) is 0.250. The molecule has 0 unspecified atom stereocenters. The van der Waals surface area contributed by atoms with Gasteiger partial charge in [-0.2, -0.15) is 0 Å². The molecule has 0 aliphatic carbocycles. The van der Waals surface area contributed by atoms with Crippen molar-refractivity contribution < 1.29 is 14.8 Å². The van der Waals surface area contributed by atoms with Crippen LogP contribution in [0.5, 0.6) is 0 Å². The van der Waals surface area contributed by atoms with E-state index in [1.165, 1.54) is 19.1 Å². The van der Waals surface area contributed by atoms with Crippen molar-refractivity contribution in [1.82, 2.24) is 0 Å². The highest BCUT2D eigenvalue weighted by Gasteiger charge is 2.19. The molecule has 0 aliphatic rings. The van der Waals surface area contributed by atoms with Crippen LogP contribution in [0.3, 0.4) is 0 Å². The molecule has 102 valence electrons. The van der Waals surface area contributed by atoms with Crippen LogP contribution in [0, 0.1) is 28.9 Å². The van der Waals surface area contributed by atoms with E-state index in [1.54, 1.807) is 0 Å². The minimum absolute atomic E-state index is 0.0853. The molecule has 0 fully saturated rings. The summed E-state index contributed by atoms with van der Waals surface area (Å²) in [4.78, 5) is 23.8. The number of hydrogen-bond acceptors (Lipinski definition) is 4. The minimum Gasteiger partial charge on any atom is -0.478 e. The Kier molecular flexibility index (Phi) is 5.09. The molecule has 20 heavy (non-hydrogen) atoms. The van der Waals surface area contributed by atoms with Crippen LogP contribution in [-0.4, -0.2) is 22.5 Å². The molecule has 0 aromatic heterocycles. The van der Waals surface area contributed by atoms with E-state index in [0.29, 0.717) is 0 Å². The zero-order valence-electron chi connectivity index (χ0n) is 10.5. The number of nitro groups is 1. The summed E-state index contributed by atoms with van der Waals surface area (Å²) in [6, 6.07) is 2.51. The number of nitro benzene ring substituents is 1. The van der Waals surface area contributed by atoms with Gasteiger partial charge in [-0.25, -0.2) is 4.79 Å². The molecule has 0 spiro atoms. The lowest BCUT2D eigenvalue weighted by Gasteiger charge is -2.03. The summed E-state index contributed by atoms with van der Waals surface area (Å²) in [5, 5.41) is 23.2. The van der Waals surface area contributed by atoms with Crippen LogP contribution in [-0.2, 0) is 0 Å². The molecule has 0 radical (unpaired) electrons. The number of carbonyl (C=O) groups is 1. The Labute approximate surface area is 113 Å².